The Hall–Kier alpha value is -1.16. The number of fused-ring (bicyclic) bond motifs is 1. The van der Waals surface area contributed by atoms with Gasteiger partial charge in [-0.1, -0.05) is 57.2 Å². The van der Waals surface area contributed by atoms with Crippen LogP contribution in [-0.4, -0.2) is 33.1 Å². The highest BCUT2D eigenvalue weighted by Crippen LogP contribution is 2.59. The first-order chi connectivity index (χ1) is 14.4. The van der Waals surface area contributed by atoms with Crippen molar-refractivity contribution < 1.29 is 15.3 Å². The molecular formula is C28H44O3. The molecule has 3 fully saturated rings. The van der Waals surface area contributed by atoms with Gasteiger partial charge in [0, 0.05) is 12.3 Å². The van der Waals surface area contributed by atoms with E-state index in [9.17, 15) is 15.3 Å². The first-order valence-corrected chi connectivity index (χ1v) is 12.3. The van der Waals surface area contributed by atoms with Crippen LogP contribution < -0.4 is 0 Å². The van der Waals surface area contributed by atoms with E-state index in [-0.39, 0.29) is 5.92 Å². The lowest BCUT2D eigenvalue weighted by Crippen LogP contribution is -2.35. The lowest BCUT2D eigenvalue weighted by Gasteiger charge is -2.44. The molecule has 3 saturated carbocycles. The summed E-state index contributed by atoms with van der Waals surface area (Å²) >= 11 is 0. The third-order valence-corrected chi connectivity index (χ3v) is 8.75. The second-order valence-corrected chi connectivity index (χ2v) is 11.4. The van der Waals surface area contributed by atoms with Crippen molar-refractivity contribution in [1.82, 2.24) is 0 Å². The molecule has 31 heavy (non-hydrogen) atoms. The fraction of sp³-hybridized carbons (Fsp3) is 0.714. The molecular weight excluding hydrogens is 384 g/mol. The molecule has 0 aromatic rings. The Morgan fingerprint density at radius 1 is 1.13 bits per heavy atom. The first-order valence-electron chi connectivity index (χ1n) is 12.3. The van der Waals surface area contributed by atoms with Crippen LogP contribution in [0.1, 0.15) is 79.6 Å². The summed E-state index contributed by atoms with van der Waals surface area (Å²) in [7, 11) is 0. The Morgan fingerprint density at radius 3 is 2.52 bits per heavy atom. The van der Waals surface area contributed by atoms with Crippen LogP contribution in [0.3, 0.4) is 0 Å². The number of hydrogen-bond donors (Lipinski definition) is 3. The minimum Gasteiger partial charge on any atom is -0.393 e. The molecule has 0 aliphatic heterocycles. The van der Waals surface area contributed by atoms with Crippen molar-refractivity contribution >= 4 is 0 Å². The zero-order chi connectivity index (χ0) is 23.0. The van der Waals surface area contributed by atoms with Gasteiger partial charge in [-0.25, -0.2) is 0 Å². The van der Waals surface area contributed by atoms with E-state index in [0.29, 0.717) is 36.0 Å². The summed E-state index contributed by atoms with van der Waals surface area (Å²) < 4.78 is 0. The Labute approximate surface area is 189 Å². The third kappa shape index (κ3) is 5.26. The smallest absolute Gasteiger partial charge is 0.0811 e. The summed E-state index contributed by atoms with van der Waals surface area (Å²) in [5.41, 5.74) is 2.93. The van der Waals surface area contributed by atoms with E-state index < -0.39 is 17.8 Å². The Morgan fingerprint density at radius 2 is 1.84 bits per heavy atom. The maximum Gasteiger partial charge on any atom is 0.0811 e. The van der Waals surface area contributed by atoms with Crippen molar-refractivity contribution in [2.75, 3.05) is 0 Å². The normalized spacial score (nSPS) is 39.3. The first kappa shape index (κ1) is 24.5. The van der Waals surface area contributed by atoms with Gasteiger partial charge in [0.25, 0.3) is 0 Å². The van der Waals surface area contributed by atoms with Gasteiger partial charge >= 0.3 is 0 Å². The van der Waals surface area contributed by atoms with Crippen molar-refractivity contribution in [3.63, 3.8) is 0 Å². The molecule has 0 saturated heterocycles. The van der Waals surface area contributed by atoms with Crippen molar-refractivity contribution in [3.8, 4) is 0 Å². The van der Waals surface area contributed by atoms with Crippen LogP contribution in [0.5, 0.6) is 0 Å². The molecule has 0 spiro atoms. The molecule has 0 heterocycles. The fourth-order valence-corrected chi connectivity index (χ4v) is 6.32. The summed E-state index contributed by atoms with van der Waals surface area (Å²) in [6.45, 7) is 14.7. The average Bonchev–Trinajstić information content (AvgIpc) is 3.04. The highest BCUT2D eigenvalue weighted by molar-refractivity contribution is 5.38. The number of aliphatic hydroxyl groups excluding tert-OH is 2. The van der Waals surface area contributed by atoms with Crippen molar-refractivity contribution in [2.45, 2.75) is 97.4 Å². The van der Waals surface area contributed by atoms with Crippen molar-refractivity contribution in [2.24, 2.45) is 29.1 Å². The summed E-state index contributed by atoms with van der Waals surface area (Å²) in [4.78, 5) is 0. The number of rotatable bonds is 5. The molecule has 174 valence electrons. The van der Waals surface area contributed by atoms with Gasteiger partial charge in [0.2, 0.25) is 0 Å². The van der Waals surface area contributed by atoms with Crippen LogP contribution in [0.15, 0.2) is 47.6 Å². The van der Waals surface area contributed by atoms with Crippen molar-refractivity contribution in [3.05, 3.63) is 47.6 Å². The van der Waals surface area contributed by atoms with Gasteiger partial charge in [0.1, 0.15) is 0 Å². The molecule has 0 bridgehead atoms. The molecule has 3 aliphatic carbocycles. The maximum absolute atomic E-state index is 10.3. The summed E-state index contributed by atoms with van der Waals surface area (Å²) in [6, 6.07) is 0. The quantitative estimate of drug-likeness (QED) is 0.490. The van der Waals surface area contributed by atoms with Gasteiger partial charge in [0.05, 0.1) is 17.8 Å². The topological polar surface area (TPSA) is 60.7 Å². The van der Waals surface area contributed by atoms with Crippen LogP contribution in [0.25, 0.3) is 0 Å². The number of aliphatic hydroxyl groups is 3. The van der Waals surface area contributed by atoms with E-state index in [1.165, 1.54) is 31.3 Å². The Bertz CT molecular complexity index is 753. The summed E-state index contributed by atoms with van der Waals surface area (Å²) in [5.74, 6) is 1.91. The van der Waals surface area contributed by atoms with E-state index in [2.05, 4.69) is 51.7 Å². The minimum absolute atomic E-state index is 0.141. The van der Waals surface area contributed by atoms with Gasteiger partial charge < -0.3 is 15.3 Å². The minimum atomic E-state index is -0.684. The van der Waals surface area contributed by atoms with Crippen LogP contribution in [0, 0.1) is 29.1 Å². The molecule has 3 heteroatoms. The predicted molar refractivity (Wildman–Crippen MR) is 128 cm³/mol. The van der Waals surface area contributed by atoms with Crippen LogP contribution in [0.4, 0.5) is 0 Å². The third-order valence-electron chi connectivity index (χ3n) is 8.75. The monoisotopic (exact) mass is 428 g/mol. The molecule has 0 radical (unpaired) electrons. The van der Waals surface area contributed by atoms with E-state index in [1.54, 1.807) is 0 Å². The van der Waals surface area contributed by atoms with E-state index in [4.69, 9.17) is 0 Å². The largest absolute Gasteiger partial charge is 0.393 e. The van der Waals surface area contributed by atoms with Gasteiger partial charge in [-0.05, 0) is 86.7 Å². The van der Waals surface area contributed by atoms with E-state index in [1.807, 2.05) is 13.8 Å². The van der Waals surface area contributed by atoms with E-state index >= 15 is 0 Å². The zero-order valence-corrected chi connectivity index (χ0v) is 20.3. The molecule has 3 nitrogen and oxygen atoms in total. The Balaban J connectivity index is 1.76. The number of hydrogen-bond acceptors (Lipinski definition) is 3. The molecule has 3 rings (SSSR count). The molecule has 0 aromatic heterocycles. The second-order valence-electron chi connectivity index (χ2n) is 11.4. The Kier molecular flexibility index (Phi) is 7.40. The molecule has 0 aromatic carbocycles. The van der Waals surface area contributed by atoms with Crippen LogP contribution >= 0.6 is 0 Å². The van der Waals surface area contributed by atoms with E-state index in [0.717, 1.165) is 17.6 Å². The van der Waals surface area contributed by atoms with Gasteiger partial charge in [-0.3, -0.25) is 0 Å². The van der Waals surface area contributed by atoms with Gasteiger partial charge in [-0.15, -0.1) is 0 Å². The SMILES string of the molecule is C=C1/C(=C\C=C2/CCC[C@@]3(C)C2CC[C@@H]3[C@H](C)/C=C/[C@@H](C)C(C)(C)O)C[C@@H](O)C[C@@H]1O. The standard InChI is InChI=1S/C28H44O3/c1-18(9-10-19(2)27(4,5)31)24-13-14-25-21(8-7-15-28(24,25)6)11-12-22-16-23(29)17-26(30)20(22)3/h9-12,18-19,23-26,29-31H,3,7-8,13-17H2,1-2,4-6H3/b10-9+,21-11+,22-12-/t18-,19-,23-,24-,25?,26+,28-/m1/s1. The molecule has 7 atom stereocenters. The van der Waals surface area contributed by atoms with Gasteiger partial charge in [0.15, 0.2) is 0 Å². The highest BCUT2D eigenvalue weighted by atomic mass is 16.3. The average molecular weight is 429 g/mol. The summed E-state index contributed by atoms with van der Waals surface area (Å²) in [5, 5.41) is 30.4. The van der Waals surface area contributed by atoms with Crippen LogP contribution in [0.2, 0.25) is 0 Å². The maximum atomic E-state index is 10.3. The molecule has 0 amide bonds. The lowest BCUT2D eigenvalue weighted by molar-refractivity contribution is 0.0436. The van der Waals surface area contributed by atoms with Crippen LogP contribution in [-0.2, 0) is 0 Å². The fourth-order valence-electron chi connectivity index (χ4n) is 6.32. The molecule has 1 unspecified atom stereocenters. The lowest BCUT2D eigenvalue weighted by atomic mass is 9.61. The predicted octanol–water partition coefficient (Wildman–Crippen LogP) is 5.73. The molecule has 3 N–H and O–H groups in total. The second kappa shape index (κ2) is 9.37. The zero-order valence-electron chi connectivity index (χ0n) is 20.3. The van der Waals surface area contributed by atoms with Crippen molar-refractivity contribution in [1.29, 1.82) is 0 Å². The molecule has 3 aliphatic rings. The van der Waals surface area contributed by atoms with Gasteiger partial charge in [-0.2, -0.15) is 0 Å². The number of allylic oxidation sites excluding steroid dienone is 4. The summed E-state index contributed by atoms with van der Waals surface area (Å²) in [6.07, 6.45) is 15.0. The highest BCUT2D eigenvalue weighted by Gasteiger charge is 2.50.